The minimum atomic E-state index is -0.202. The van der Waals surface area contributed by atoms with Gasteiger partial charge >= 0.3 is 0 Å². The molecule has 0 bridgehead atoms. The third-order valence-electron chi connectivity index (χ3n) is 3.84. The molecule has 3 heterocycles. The molecule has 0 fully saturated rings. The first kappa shape index (κ1) is 13.9. The van der Waals surface area contributed by atoms with Gasteiger partial charge < -0.3 is 14.7 Å². The number of carbonyl (C=O) groups excluding carboxylic acids is 1. The maximum absolute atomic E-state index is 12.3. The zero-order chi connectivity index (χ0) is 14.7. The normalized spacial score (nSPS) is 19.0. The number of aryl methyl sites for hydroxylation is 1. The second-order valence-electron chi connectivity index (χ2n) is 5.49. The number of rotatable bonds is 5. The average molecular weight is 288 g/mol. The summed E-state index contributed by atoms with van der Waals surface area (Å²) in [5.74, 6) is 0.989. The van der Waals surface area contributed by atoms with Crippen LogP contribution in [0.15, 0.2) is 29.1 Å². The smallest absolute Gasteiger partial charge is 0.237 e. The molecule has 6 heteroatoms. The lowest BCUT2D eigenvalue weighted by Gasteiger charge is -2.24. The predicted octanol–water partition coefficient (Wildman–Crippen LogP) is 1.15. The van der Waals surface area contributed by atoms with Gasteiger partial charge in [-0.05, 0) is 25.5 Å². The van der Waals surface area contributed by atoms with E-state index in [0.29, 0.717) is 13.0 Å². The molecule has 2 unspecified atom stereocenters. The topological polar surface area (TPSA) is 83.0 Å². The number of nitrogens with one attached hydrogen (secondary N) is 3. The van der Waals surface area contributed by atoms with E-state index in [1.54, 1.807) is 12.6 Å². The molecule has 2 aromatic heterocycles. The lowest BCUT2D eigenvalue weighted by Crippen LogP contribution is -2.50. The highest BCUT2D eigenvalue weighted by Gasteiger charge is 2.26. The van der Waals surface area contributed by atoms with Crippen molar-refractivity contribution in [3.05, 3.63) is 41.9 Å². The molecule has 0 saturated heterocycles. The van der Waals surface area contributed by atoms with Crippen molar-refractivity contribution >= 4 is 5.91 Å². The Balaban J connectivity index is 1.47. The van der Waals surface area contributed by atoms with Crippen LogP contribution in [0.1, 0.15) is 30.5 Å². The molecule has 2 atom stereocenters. The van der Waals surface area contributed by atoms with Gasteiger partial charge in [0.05, 0.1) is 30.0 Å². The number of amides is 1. The zero-order valence-electron chi connectivity index (χ0n) is 12.1. The molecule has 0 spiro atoms. The monoisotopic (exact) mass is 288 g/mol. The molecule has 112 valence electrons. The van der Waals surface area contributed by atoms with Gasteiger partial charge in [0, 0.05) is 25.4 Å². The van der Waals surface area contributed by atoms with Gasteiger partial charge in [-0.2, -0.15) is 0 Å². The quantitative estimate of drug-likeness (QED) is 0.771. The maximum Gasteiger partial charge on any atom is 0.237 e. The fourth-order valence-corrected chi connectivity index (χ4v) is 2.58. The highest BCUT2D eigenvalue weighted by atomic mass is 16.3. The summed E-state index contributed by atoms with van der Waals surface area (Å²) in [4.78, 5) is 19.6. The first-order chi connectivity index (χ1) is 10.2. The fourth-order valence-electron chi connectivity index (χ4n) is 2.58. The molecule has 0 aliphatic carbocycles. The third kappa shape index (κ3) is 3.33. The fraction of sp³-hybridized carbons (Fsp3) is 0.467. The van der Waals surface area contributed by atoms with E-state index in [-0.39, 0.29) is 18.0 Å². The molecular formula is C15H20N4O2. The van der Waals surface area contributed by atoms with Crippen LogP contribution < -0.4 is 10.6 Å². The van der Waals surface area contributed by atoms with Crippen molar-refractivity contribution in [3.8, 4) is 0 Å². The van der Waals surface area contributed by atoms with Gasteiger partial charge in [-0.25, -0.2) is 4.98 Å². The van der Waals surface area contributed by atoms with Crippen LogP contribution in [-0.4, -0.2) is 28.0 Å². The van der Waals surface area contributed by atoms with Crippen molar-refractivity contribution in [3.63, 3.8) is 0 Å². The van der Waals surface area contributed by atoms with Crippen molar-refractivity contribution in [2.45, 2.75) is 44.8 Å². The molecule has 21 heavy (non-hydrogen) atoms. The molecule has 0 aromatic carbocycles. The summed E-state index contributed by atoms with van der Waals surface area (Å²) in [6.07, 6.45) is 5.68. The summed E-state index contributed by atoms with van der Waals surface area (Å²) in [7, 11) is 0. The van der Waals surface area contributed by atoms with Crippen LogP contribution in [0, 0.1) is 0 Å². The number of aromatic amines is 1. The van der Waals surface area contributed by atoms with Gasteiger partial charge in [0.2, 0.25) is 5.91 Å². The van der Waals surface area contributed by atoms with Crippen LogP contribution in [-0.2, 0) is 24.2 Å². The van der Waals surface area contributed by atoms with Crippen molar-refractivity contribution in [2.24, 2.45) is 0 Å². The summed E-state index contributed by atoms with van der Waals surface area (Å²) in [5, 5.41) is 6.29. The standard InChI is InChI=1S/C15H20N4O2/c1-10(4-5-11-3-2-6-21-11)19-15(20)13-7-12-14(8-16-13)18-9-17-12/h2-3,6,9-10,13,16H,4-5,7-8H2,1H3,(H,17,18)(H,19,20). The van der Waals surface area contributed by atoms with E-state index in [9.17, 15) is 4.79 Å². The van der Waals surface area contributed by atoms with Crippen LogP contribution in [0.25, 0.3) is 0 Å². The highest BCUT2D eigenvalue weighted by molar-refractivity contribution is 5.82. The molecular weight excluding hydrogens is 268 g/mol. The molecule has 1 aliphatic rings. The summed E-state index contributed by atoms with van der Waals surface area (Å²) in [5.41, 5.74) is 2.06. The van der Waals surface area contributed by atoms with Gasteiger partial charge in [0.25, 0.3) is 0 Å². The van der Waals surface area contributed by atoms with E-state index >= 15 is 0 Å². The van der Waals surface area contributed by atoms with Crippen LogP contribution in [0.5, 0.6) is 0 Å². The highest BCUT2D eigenvalue weighted by Crippen LogP contribution is 2.12. The zero-order valence-corrected chi connectivity index (χ0v) is 12.1. The number of fused-ring (bicyclic) bond motifs is 1. The van der Waals surface area contributed by atoms with Crippen LogP contribution in [0.3, 0.4) is 0 Å². The van der Waals surface area contributed by atoms with E-state index in [4.69, 9.17) is 4.42 Å². The van der Waals surface area contributed by atoms with Gasteiger partial charge in [-0.1, -0.05) is 0 Å². The third-order valence-corrected chi connectivity index (χ3v) is 3.84. The van der Waals surface area contributed by atoms with E-state index in [1.165, 1.54) is 0 Å². The summed E-state index contributed by atoms with van der Waals surface area (Å²) in [6, 6.07) is 3.75. The molecule has 2 aromatic rings. The van der Waals surface area contributed by atoms with E-state index in [2.05, 4.69) is 20.6 Å². The second-order valence-corrected chi connectivity index (χ2v) is 5.49. The van der Waals surface area contributed by atoms with Crippen molar-refractivity contribution < 1.29 is 9.21 Å². The van der Waals surface area contributed by atoms with E-state index in [1.807, 2.05) is 19.1 Å². The summed E-state index contributed by atoms with van der Waals surface area (Å²) >= 11 is 0. The first-order valence-electron chi connectivity index (χ1n) is 7.29. The Morgan fingerprint density at radius 1 is 1.62 bits per heavy atom. The Bertz CT molecular complexity index is 591. The Morgan fingerprint density at radius 3 is 3.33 bits per heavy atom. The minimum absolute atomic E-state index is 0.0376. The van der Waals surface area contributed by atoms with Crippen molar-refractivity contribution in [1.82, 2.24) is 20.6 Å². The number of carbonyl (C=O) groups is 1. The minimum Gasteiger partial charge on any atom is -0.469 e. The lowest BCUT2D eigenvalue weighted by atomic mass is 10.0. The molecule has 0 saturated carbocycles. The average Bonchev–Trinajstić information content (AvgIpc) is 3.15. The number of H-pyrrole nitrogens is 1. The Hall–Kier alpha value is -2.08. The van der Waals surface area contributed by atoms with Crippen molar-refractivity contribution in [2.75, 3.05) is 0 Å². The summed E-state index contributed by atoms with van der Waals surface area (Å²) < 4.78 is 5.30. The number of nitrogens with zero attached hydrogens (tertiary/aromatic N) is 1. The van der Waals surface area contributed by atoms with E-state index < -0.39 is 0 Å². The van der Waals surface area contributed by atoms with Crippen LogP contribution in [0.2, 0.25) is 0 Å². The second kappa shape index (κ2) is 6.13. The van der Waals surface area contributed by atoms with Gasteiger partial charge in [0.1, 0.15) is 5.76 Å². The molecule has 1 amide bonds. The van der Waals surface area contributed by atoms with Gasteiger partial charge in [-0.15, -0.1) is 0 Å². The molecule has 6 nitrogen and oxygen atoms in total. The summed E-state index contributed by atoms with van der Waals surface area (Å²) in [6.45, 7) is 2.68. The largest absolute Gasteiger partial charge is 0.469 e. The van der Waals surface area contributed by atoms with E-state index in [0.717, 1.165) is 30.0 Å². The number of imidazole rings is 1. The number of furan rings is 1. The molecule has 0 radical (unpaired) electrons. The SMILES string of the molecule is CC(CCc1ccco1)NC(=O)C1Cc2nc[nH]c2CN1. The van der Waals surface area contributed by atoms with Gasteiger partial charge in [-0.3, -0.25) is 10.1 Å². The van der Waals surface area contributed by atoms with Crippen molar-refractivity contribution in [1.29, 1.82) is 0 Å². The van der Waals surface area contributed by atoms with Crippen LogP contribution >= 0.6 is 0 Å². The Labute approximate surface area is 123 Å². The number of hydrogen-bond acceptors (Lipinski definition) is 4. The lowest BCUT2D eigenvalue weighted by molar-refractivity contribution is -0.124. The number of aromatic nitrogens is 2. The molecule has 3 N–H and O–H groups in total. The predicted molar refractivity (Wildman–Crippen MR) is 77.6 cm³/mol. The number of hydrogen-bond donors (Lipinski definition) is 3. The first-order valence-corrected chi connectivity index (χ1v) is 7.29. The van der Waals surface area contributed by atoms with Crippen LogP contribution in [0.4, 0.5) is 0 Å². The maximum atomic E-state index is 12.3. The molecule has 3 rings (SSSR count). The van der Waals surface area contributed by atoms with Gasteiger partial charge in [0.15, 0.2) is 0 Å². The molecule has 1 aliphatic heterocycles. The Morgan fingerprint density at radius 2 is 2.52 bits per heavy atom. The Kier molecular flexibility index (Phi) is 4.06.